The zero-order valence-electron chi connectivity index (χ0n) is 15.6. The highest BCUT2D eigenvalue weighted by atomic mass is 32.2. The first kappa shape index (κ1) is 19.8. The molecule has 0 amide bonds. The number of benzene rings is 2. The summed E-state index contributed by atoms with van der Waals surface area (Å²) in [5, 5.41) is 0. The third kappa shape index (κ3) is 3.99. The molecule has 0 saturated carbocycles. The van der Waals surface area contributed by atoms with Crippen molar-refractivity contribution in [3.63, 3.8) is 0 Å². The van der Waals surface area contributed by atoms with E-state index in [0.717, 1.165) is 15.4 Å². The average Bonchev–Trinajstić information content (AvgIpc) is 2.61. The summed E-state index contributed by atoms with van der Waals surface area (Å²) in [5.74, 6) is -0.0494. The Labute approximate surface area is 154 Å². The van der Waals surface area contributed by atoms with Gasteiger partial charge in [0.15, 0.2) is 0 Å². The Morgan fingerprint density at radius 2 is 1.65 bits per heavy atom. The standard InChI is InChI=1S/C19H23NO5S/c1-13-6-7-16(10-14(13)2)20(12-19(21)25-5)26(22,23)17-8-9-18(24-4)15(3)11-17/h6-11H,12H2,1-5H3. The summed E-state index contributed by atoms with van der Waals surface area (Å²) in [5.41, 5.74) is 3.06. The van der Waals surface area contributed by atoms with Crippen LogP contribution in [0.3, 0.4) is 0 Å². The van der Waals surface area contributed by atoms with Crippen molar-refractivity contribution in [1.29, 1.82) is 0 Å². The Morgan fingerprint density at radius 1 is 0.962 bits per heavy atom. The highest BCUT2D eigenvalue weighted by Gasteiger charge is 2.28. The van der Waals surface area contributed by atoms with Gasteiger partial charge in [0.1, 0.15) is 12.3 Å². The predicted molar refractivity (Wildman–Crippen MR) is 100 cm³/mol. The fourth-order valence-corrected chi connectivity index (χ4v) is 4.00. The van der Waals surface area contributed by atoms with Crippen molar-refractivity contribution in [2.75, 3.05) is 25.1 Å². The molecule has 2 rings (SSSR count). The van der Waals surface area contributed by atoms with Crippen LogP contribution < -0.4 is 9.04 Å². The number of nitrogens with zero attached hydrogens (tertiary/aromatic N) is 1. The lowest BCUT2D eigenvalue weighted by molar-refractivity contribution is -0.138. The highest BCUT2D eigenvalue weighted by Crippen LogP contribution is 2.28. The molecule has 2 aromatic rings. The van der Waals surface area contributed by atoms with E-state index in [4.69, 9.17) is 4.74 Å². The first-order valence-corrected chi connectivity index (χ1v) is 9.46. The normalized spacial score (nSPS) is 11.1. The lowest BCUT2D eigenvalue weighted by Gasteiger charge is -2.24. The van der Waals surface area contributed by atoms with E-state index in [1.54, 1.807) is 25.1 Å². The molecule has 0 aromatic heterocycles. The van der Waals surface area contributed by atoms with Gasteiger partial charge in [-0.1, -0.05) is 6.07 Å². The molecule has 140 valence electrons. The minimum Gasteiger partial charge on any atom is -0.496 e. The first-order chi connectivity index (χ1) is 12.2. The minimum atomic E-state index is -3.96. The van der Waals surface area contributed by atoms with Gasteiger partial charge >= 0.3 is 5.97 Å². The van der Waals surface area contributed by atoms with Crippen molar-refractivity contribution in [3.8, 4) is 5.75 Å². The van der Waals surface area contributed by atoms with Crippen LogP contribution in [0.2, 0.25) is 0 Å². The predicted octanol–water partition coefficient (Wildman–Crippen LogP) is 2.99. The summed E-state index contributed by atoms with van der Waals surface area (Å²) in [7, 11) is -1.21. The van der Waals surface area contributed by atoms with Crippen LogP contribution in [0.15, 0.2) is 41.3 Å². The minimum absolute atomic E-state index is 0.0814. The van der Waals surface area contributed by atoms with Crippen LogP contribution in [-0.2, 0) is 19.6 Å². The van der Waals surface area contributed by atoms with Crippen LogP contribution in [0, 0.1) is 20.8 Å². The number of carbonyl (C=O) groups is 1. The molecule has 0 heterocycles. The molecular formula is C19H23NO5S. The Kier molecular flexibility index (Phi) is 5.92. The molecule has 0 N–H and O–H groups in total. The zero-order valence-corrected chi connectivity index (χ0v) is 16.4. The van der Waals surface area contributed by atoms with Gasteiger partial charge in [0.05, 0.1) is 24.8 Å². The monoisotopic (exact) mass is 377 g/mol. The second-order valence-corrected chi connectivity index (χ2v) is 7.85. The fraction of sp³-hybridized carbons (Fsp3) is 0.316. The van der Waals surface area contributed by atoms with Gasteiger partial charge in [-0.25, -0.2) is 8.42 Å². The first-order valence-electron chi connectivity index (χ1n) is 8.02. The third-order valence-corrected chi connectivity index (χ3v) is 6.00. The molecule has 2 aromatic carbocycles. The summed E-state index contributed by atoms with van der Waals surface area (Å²) >= 11 is 0. The van der Waals surface area contributed by atoms with Gasteiger partial charge in [-0.2, -0.15) is 0 Å². The van der Waals surface area contributed by atoms with E-state index in [2.05, 4.69) is 4.74 Å². The zero-order chi connectivity index (χ0) is 19.5. The Balaban J connectivity index is 2.57. The number of esters is 1. The SMILES string of the molecule is COC(=O)CN(c1ccc(C)c(C)c1)S(=O)(=O)c1ccc(OC)c(C)c1. The van der Waals surface area contributed by atoms with E-state index in [0.29, 0.717) is 17.0 Å². The number of rotatable bonds is 6. The van der Waals surface area contributed by atoms with Gasteiger partial charge < -0.3 is 9.47 Å². The summed E-state index contributed by atoms with van der Waals surface area (Å²) < 4.78 is 37.3. The van der Waals surface area contributed by atoms with Crippen LogP contribution in [-0.4, -0.2) is 35.2 Å². The molecule has 26 heavy (non-hydrogen) atoms. The Bertz CT molecular complexity index is 922. The molecule has 0 atom stereocenters. The van der Waals surface area contributed by atoms with Gasteiger partial charge in [-0.05, 0) is 67.8 Å². The summed E-state index contributed by atoms with van der Waals surface area (Å²) in [6.45, 7) is 5.18. The van der Waals surface area contributed by atoms with Gasteiger partial charge in [0, 0.05) is 0 Å². The van der Waals surface area contributed by atoms with E-state index >= 15 is 0 Å². The van der Waals surface area contributed by atoms with E-state index in [1.807, 2.05) is 19.9 Å². The van der Waals surface area contributed by atoms with E-state index < -0.39 is 22.5 Å². The maximum Gasteiger partial charge on any atom is 0.326 e. The van der Waals surface area contributed by atoms with Crippen molar-refractivity contribution < 1.29 is 22.7 Å². The number of anilines is 1. The van der Waals surface area contributed by atoms with E-state index in [1.165, 1.54) is 26.4 Å². The maximum absolute atomic E-state index is 13.2. The van der Waals surface area contributed by atoms with Crippen LogP contribution in [0.1, 0.15) is 16.7 Å². The summed E-state index contributed by atoms with van der Waals surface area (Å²) in [6, 6.07) is 9.83. The Hall–Kier alpha value is -2.54. The molecule has 0 radical (unpaired) electrons. The third-order valence-electron chi connectivity index (χ3n) is 4.23. The molecule has 0 aliphatic heterocycles. The van der Waals surface area contributed by atoms with Crippen molar-refractivity contribution in [3.05, 3.63) is 53.1 Å². The summed E-state index contributed by atoms with van der Waals surface area (Å²) in [4.78, 5) is 11.9. The topological polar surface area (TPSA) is 72.9 Å². The van der Waals surface area contributed by atoms with Crippen molar-refractivity contribution in [2.24, 2.45) is 0 Å². The number of methoxy groups -OCH3 is 2. The molecule has 0 bridgehead atoms. The molecular weight excluding hydrogens is 354 g/mol. The number of ether oxygens (including phenoxy) is 2. The molecule has 0 fully saturated rings. The second-order valence-electron chi connectivity index (χ2n) is 5.99. The molecule has 0 aliphatic rings. The molecule has 0 aliphatic carbocycles. The van der Waals surface area contributed by atoms with Crippen molar-refractivity contribution in [2.45, 2.75) is 25.7 Å². The molecule has 0 spiro atoms. The van der Waals surface area contributed by atoms with Crippen LogP contribution in [0.5, 0.6) is 5.75 Å². The van der Waals surface area contributed by atoms with Crippen LogP contribution in [0.4, 0.5) is 5.69 Å². The van der Waals surface area contributed by atoms with Gasteiger partial charge in [-0.3, -0.25) is 9.10 Å². The number of sulfonamides is 1. The molecule has 7 heteroatoms. The lowest BCUT2D eigenvalue weighted by Crippen LogP contribution is -2.36. The van der Waals surface area contributed by atoms with Crippen molar-refractivity contribution >= 4 is 21.7 Å². The van der Waals surface area contributed by atoms with Crippen LogP contribution in [0.25, 0.3) is 0 Å². The van der Waals surface area contributed by atoms with Gasteiger partial charge in [0.2, 0.25) is 0 Å². The highest BCUT2D eigenvalue weighted by molar-refractivity contribution is 7.92. The number of carbonyl (C=O) groups excluding carboxylic acids is 1. The van der Waals surface area contributed by atoms with E-state index in [9.17, 15) is 13.2 Å². The van der Waals surface area contributed by atoms with Gasteiger partial charge in [0.25, 0.3) is 10.0 Å². The molecule has 6 nitrogen and oxygen atoms in total. The van der Waals surface area contributed by atoms with Crippen LogP contribution >= 0.6 is 0 Å². The van der Waals surface area contributed by atoms with Gasteiger partial charge in [-0.15, -0.1) is 0 Å². The maximum atomic E-state index is 13.2. The fourth-order valence-electron chi connectivity index (χ4n) is 2.52. The van der Waals surface area contributed by atoms with E-state index in [-0.39, 0.29) is 4.90 Å². The molecule has 0 saturated heterocycles. The number of hydrogen-bond acceptors (Lipinski definition) is 5. The number of aryl methyl sites for hydroxylation is 3. The molecule has 0 unspecified atom stereocenters. The second kappa shape index (κ2) is 7.78. The Morgan fingerprint density at radius 3 is 2.19 bits per heavy atom. The average molecular weight is 377 g/mol. The van der Waals surface area contributed by atoms with Crippen molar-refractivity contribution in [1.82, 2.24) is 0 Å². The lowest BCUT2D eigenvalue weighted by atomic mass is 10.1. The number of hydrogen-bond donors (Lipinski definition) is 0. The largest absolute Gasteiger partial charge is 0.496 e. The smallest absolute Gasteiger partial charge is 0.326 e. The summed E-state index contributed by atoms with van der Waals surface area (Å²) in [6.07, 6.45) is 0. The quantitative estimate of drug-likeness (QED) is 0.724.